The molecule has 21 heavy (non-hydrogen) atoms. The van der Waals surface area contributed by atoms with E-state index in [0.717, 1.165) is 10.9 Å². The average Bonchev–Trinajstić information content (AvgIpc) is 2.48. The molecule has 104 valence electrons. The Morgan fingerprint density at radius 1 is 1.19 bits per heavy atom. The van der Waals surface area contributed by atoms with Crippen molar-refractivity contribution in [3.05, 3.63) is 63.8 Å². The largest absolute Gasteiger partial charge is 0.319 e. The summed E-state index contributed by atoms with van der Waals surface area (Å²) in [5.41, 5.74) is 0.637. The van der Waals surface area contributed by atoms with E-state index in [2.05, 4.69) is 15.3 Å². The zero-order valence-corrected chi connectivity index (χ0v) is 11.4. The first-order valence-corrected chi connectivity index (χ1v) is 6.44. The quantitative estimate of drug-likeness (QED) is 0.585. The number of rotatable bonds is 3. The third kappa shape index (κ3) is 2.75. The molecule has 3 aromatic rings. The van der Waals surface area contributed by atoms with Crippen LogP contribution in [0.25, 0.3) is 10.9 Å². The van der Waals surface area contributed by atoms with E-state index in [9.17, 15) is 10.1 Å². The molecule has 2 heterocycles. The van der Waals surface area contributed by atoms with Crippen LogP contribution in [0.15, 0.2) is 48.7 Å². The summed E-state index contributed by atoms with van der Waals surface area (Å²) in [4.78, 5) is 18.8. The summed E-state index contributed by atoms with van der Waals surface area (Å²) in [6, 6.07) is 11.8. The van der Waals surface area contributed by atoms with Crippen LogP contribution >= 0.6 is 11.6 Å². The summed E-state index contributed by atoms with van der Waals surface area (Å²) in [7, 11) is 0. The molecule has 1 N–H and O–H groups in total. The maximum Gasteiger partial charge on any atom is 0.311 e. The smallest absolute Gasteiger partial charge is 0.311 e. The van der Waals surface area contributed by atoms with Gasteiger partial charge >= 0.3 is 5.69 Å². The Labute approximate surface area is 124 Å². The van der Waals surface area contributed by atoms with Crippen molar-refractivity contribution in [2.75, 3.05) is 5.32 Å². The lowest BCUT2D eigenvalue weighted by Crippen LogP contribution is -2.00. The van der Waals surface area contributed by atoms with Crippen LogP contribution in [-0.2, 0) is 0 Å². The van der Waals surface area contributed by atoms with Crippen molar-refractivity contribution in [1.82, 2.24) is 9.97 Å². The fraction of sp³-hybridized carbons (Fsp3) is 0. The molecular weight excluding hydrogens is 292 g/mol. The van der Waals surface area contributed by atoms with Gasteiger partial charge in [-0.25, -0.2) is 9.97 Å². The van der Waals surface area contributed by atoms with Gasteiger partial charge in [0.05, 0.1) is 10.4 Å². The molecule has 7 heteroatoms. The fourth-order valence-electron chi connectivity index (χ4n) is 1.93. The minimum absolute atomic E-state index is 0.101. The highest BCUT2D eigenvalue weighted by Crippen LogP contribution is 2.25. The zero-order valence-electron chi connectivity index (χ0n) is 10.7. The second-order valence-corrected chi connectivity index (χ2v) is 4.72. The molecule has 0 bridgehead atoms. The molecule has 0 saturated heterocycles. The van der Waals surface area contributed by atoms with Gasteiger partial charge in [0.15, 0.2) is 0 Å². The first kappa shape index (κ1) is 13.3. The molecule has 0 spiro atoms. The van der Waals surface area contributed by atoms with Gasteiger partial charge in [-0.1, -0.05) is 11.6 Å². The second-order valence-electron chi connectivity index (χ2n) is 4.29. The van der Waals surface area contributed by atoms with Crippen LogP contribution in [0, 0.1) is 10.1 Å². The highest BCUT2D eigenvalue weighted by molar-refractivity contribution is 6.31. The van der Waals surface area contributed by atoms with Gasteiger partial charge in [-0.3, -0.25) is 10.1 Å². The van der Waals surface area contributed by atoms with E-state index in [4.69, 9.17) is 11.6 Å². The minimum atomic E-state index is -0.490. The molecule has 0 radical (unpaired) electrons. The Bertz CT molecular complexity index is 838. The monoisotopic (exact) mass is 300 g/mol. The maximum absolute atomic E-state index is 11.0. The van der Waals surface area contributed by atoms with Crippen molar-refractivity contribution in [1.29, 1.82) is 0 Å². The topological polar surface area (TPSA) is 81.0 Å². The van der Waals surface area contributed by atoms with E-state index < -0.39 is 4.92 Å². The molecule has 2 aromatic heterocycles. The van der Waals surface area contributed by atoms with Gasteiger partial charge in [-0.15, -0.1) is 0 Å². The molecule has 0 unspecified atom stereocenters. The third-order valence-corrected chi connectivity index (χ3v) is 3.12. The molecule has 0 aliphatic carbocycles. The highest BCUT2D eigenvalue weighted by Gasteiger charge is 2.14. The van der Waals surface area contributed by atoms with Crippen LogP contribution in [0.2, 0.25) is 5.02 Å². The number of nitro groups is 1. The van der Waals surface area contributed by atoms with Crippen LogP contribution in [-0.4, -0.2) is 14.9 Å². The van der Waals surface area contributed by atoms with Crippen molar-refractivity contribution < 1.29 is 4.92 Å². The summed E-state index contributed by atoms with van der Waals surface area (Å²) in [6.45, 7) is 0. The van der Waals surface area contributed by atoms with E-state index in [1.807, 2.05) is 6.07 Å². The number of pyridine rings is 2. The first-order chi connectivity index (χ1) is 10.1. The summed E-state index contributed by atoms with van der Waals surface area (Å²) in [5.74, 6) is 0.634. The van der Waals surface area contributed by atoms with E-state index >= 15 is 0 Å². The molecule has 0 saturated carbocycles. The number of benzene rings is 1. The summed E-state index contributed by atoms with van der Waals surface area (Å²) >= 11 is 5.92. The Balaban J connectivity index is 1.99. The van der Waals surface area contributed by atoms with Gasteiger partial charge in [-0.2, -0.15) is 0 Å². The van der Waals surface area contributed by atoms with Crippen molar-refractivity contribution in [2.45, 2.75) is 0 Å². The van der Waals surface area contributed by atoms with Crippen molar-refractivity contribution in [2.24, 2.45) is 0 Å². The van der Waals surface area contributed by atoms with Crippen LogP contribution < -0.4 is 5.32 Å². The van der Waals surface area contributed by atoms with Crippen molar-refractivity contribution in [3.8, 4) is 0 Å². The van der Waals surface area contributed by atoms with Gasteiger partial charge in [0.2, 0.25) is 5.82 Å². The number of nitrogens with one attached hydrogen (secondary N) is 1. The van der Waals surface area contributed by atoms with Crippen LogP contribution in [0.3, 0.4) is 0 Å². The Kier molecular flexibility index (Phi) is 3.37. The van der Waals surface area contributed by atoms with Crippen molar-refractivity contribution in [3.63, 3.8) is 0 Å². The molecule has 0 aliphatic heterocycles. The van der Waals surface area contributed by atoms with Crippen LogP contribution in [0.1, 0.15) is 0 Å². The minimum Gasteiger partial charge on any atom is -0.319 e. The summed E-state index contributed by atoms with van der Waals surface area (Å²) in [5, 5.41) is 15.3. The number of fused-ring (bicyclic) bond motifs is 1. The molecule has 0 amide bonds. The Hall–Kier alpha value is -2.73. The number of hydrogen-bond donors (Lipinski definition) is 1. The predicted octanol–water partition coefficient (Wildman–Crippen LogP) is 3.94. The van der Waals surface area contributed by atoms with Gasteiger partial charge in [0, 0.05) is 22.7 Å². The highest BCUT2D eigenvalue weighted by atomic mass is 35.5. The predicted molar refractivity (Wildman–Crippen MR) is 80.9 cm³/mol. The Morgan fingerprint density at radius 3 is 2.86 bits per heavy atom. The summed E-state index contributed by atoms with van der Waals surface area (Å²) in [6.07, 6.45) is 1.48. The number of anilines is 2. The van der Waals surface area contributed by atoms with E-state index in [1.165, 1.54) is 18.3 Å². The third-order valence-electron chi connectivity index (χ3n) is 2.88. The number of nitrogens with zero attached hydrogens (tertiary/aromatic N) is 3. The molecule has 0 fully saturated rings. The van der Waals surface area contributed by atoms with Gasteiger partial charge in [0.25, 0.3) is 0 Å². The standard InChI is InChI=1S/C14H9ClN4O2/c15-10-4-5-11-9(8-10)3-6-13(17-11)18-14-12(19(20)21)2-1-7-16-14/h1-8H,(H,16,17,18). The molecule has 6 nitrogen and oxygen atoms in total. The molecule has 1 aromatic carbocycles. The number of halogens is 1. The van der Waals surface area contributed by atoms with Gasteiger partial charge < -0.3 is 5.32 Å². The van der Waals surface area contributed by atoms with Crippen LogP contribution in [0.4, 0.5) is 17.3 Å². The second kappa shape index (κ2) is 5.34. The number of hydrogen-bond acceptors (Lipinski definition) is 5. The average molecular weight is 301 g/mol. The van der Waals surface area contributed by atoms with E-state index in [1.54, 1.807) is 24.3 Å². The fourth-order valence-corrected chi connectivity index (χ4v) is 2.11. The molecule has 0 atom stereocenters. The maximum atomic E-state index is 11.0. The lowest BCUT2D eigenvalue weighted by atomic mass is 10.2. The summed E-state index contributed by atoms with van der Waals surface area (Å²) < 4.78 is 0. The van der Waals surface area contributed by atoms with Gasteiger partial charge in [0.1, 0.15) is 5.82 Å². The van der Waals surface area contributed by atoms with E-state index in [0.29, 0.717) is 10.8 Å². The van der Waals surface area contributed by atoms with Gasteiger partial charge in [-0.05, 0) is 36.4 Å². The lowest BCUT2D eigenvalue weighted by Gasteiger charge is -2.06. The number of aromatic nitrogens is 2. The normalized spacial score (nSPS) is 10.5. The molecule has 0 aliphatic rings. The molecule has 3 rings (SSSR count). The molecular formula is C14H9ClN4O2. The van der Waals surface area contributed by atoms with E-state index in [-0.39, 0.29) is 11.5 Å². The lowest BCUT2D eigenvalue weighted by molar-refractivity contribution is -0.384. The van der Waals surface area contributed by atoms with Crippen molar-refractivity contribution >= 4 is 39.8 Å². The SMILES string of the molecule is O=[N+]([O-])c1cccnc1Nc1ccc2cc(Cl)ccc2n1. The van der Waals surface area contributed by atoms with Crippen LogP contribution in [0.5, 0.6) is 0 Å². The first-order valence-electron chi connectivity index (χ1n) is 6.06. The Morgan fingerprint density at radius 2 is 2.05 bits per heavy atom. The zero-order chi connectivity index (χ0) is 14.8.